The zero-order valence-electron chi connectivity index (χ0n) is 12.6. The Morgan fingerprint density at radius 1 is 1.52 bits per heavy atom. The number of hydrogen-bond donors (Lipinski definition) is 0. The van der Waals surface area contributed by atoms with Crippen molar-refractivity contribution in [1.82, 2.24) is 9.80 Å². The van der Waals surface area contributed by atoms with Gasteiger partial charge in [0, 0.05) is 18.0 Å². The summed E-state index contributed by atoms with van der Waals surface area (Å²) in [5.74, 6) is -0.393. The molecular weight excluding hydrogens is 288 g/mol. The lowest BCUT2D eigenvalue weighted by atomic mass is 10.2. The predicted molar refractivity (Wildman–Crippen MR) is 82.1 cm³/mol. The molecule has 6 heteroatoms. The van der Waals surface area contributed by atoms with Gasteiger partial charge in [0.05, 0.1) is 13.2 Å². The molecule has 0 saturated carbocycles. The average Bonchev–Trinajstić information content (AvgIpc) is 3.08. The third-order valence-electron chi connectivity index (χ3n) is 3.67. The van der Waals surface area contributed by atoms with Crippen molar-refractivity contribution in [2.24, 2.45) is 0 Å². The predicted octanol–water partition coefficient (Wildman–Crippen LogP) is 1.91. The van der Waals surface area contributed by atoms with E-state index in [-0.39, 0.29) is 18.4 Å². The van der Waals surface area contributed by atoms with Crippen molar-refractivity contribution in [2.45, 2.75) is 25.8 Å². The molecule has 0 bridgehead atoms. The maximum Gasteiger partial charge on any atom is 0.325 e. The fourth-order valence-electron chi connectivity index (χ4n) is 2.60. The molecule has 116 valence electrons. The van der Waals surface area contributed by atoms with Crippen LogP contribution in [0.1, 0.15) is 30.7 Å². The zero-order valence-corrected chi connectivity index (χ0v) is 13.4. The third-order valence-corrected chi connectivity index (χ3v) is 4.64. The fraction of sp³-hybridized carbons (Fsp3) is 0.600. The highest BCUT2D eigenvalue weighted by molar-refractivity contribution is 7.10. The molecule has 5 nitrogen and oxygen atoms in total. The van der Waals surface area contributed by atoms with Gasteiger partial charge < -0.3 is 9.64 Å². The van der Waals surface area contributed by atoms with Gasteiger partial charge in [0.1, 0.15) is 6.54 Å². The van der Waals surface area contributed by atoms with Crippen LogP contribution in [0.25, 0.3) is 0 Å². The van der Waals surface area contributed by atoms with Crippen LogP contribution >= 0.6 is 11.3 Å². The normalized spacial score (nSPS) is 18.7. The average molecular weight is 310 g/mol. The Morgan fingerprint density at radius 2 is 2.33 bits per heavy atom. The Morgan fingerprint density at radius 3 is 3.00 bits per heavy atom. The summed E-state index contributed by atoms with van der Waals surface area (Å²) in [6.07, 6.45) is 2.20. The first-order valence-corrected chi connectivity index (χ1v) is 8.16. The van der Waals surface area contributed by atoms with Crippen molar-refractivity contribution >= 4 is 23.2 Å². The molecular formula is C15H22N2O3S. The van der Waals surface area contributed by atoms with Gasteiger partial charge in [0.25, 0.3) is 0 Å². The van der Waals surface area contributed by atoms with Gasteiger partial charge in [-0.15, -0.1) is 11.3 Å². The summed E-state index contributed by atoms with van der Waals surface area (Å²) < 4.78 is 4.87. The molecule has 1 aliphatic heterocycles. The molecule has 1 amide bonds. The van der Waals surface area contributed by atoms with Crippen LogP contribution < -0.4 is 0 Å². The van der Waals surface area contributed by atoms with Crippen molar-refractivity contribution in [1.29, 1.82) is 0 Å². The van der Waals surface area contributed by atoms with Gasteiger partial charge in [-0.3, -0.25) is 14.5 Å². The van der Waals surface area contributed by atoms with E-state index in [1.165, 1.54) is 9.78 Å². The number of nitrogens with zero attached hydrogens (tertiary/aromatic N) is 2. The number of rotatable bonds is 6. The summed E-state index contributed by atoms with van der Waals surface area (Å²) in [6.45, 7) is 3.41. The molecule has 0 radical (unpaired) electrons. The van der Waals surface area contributed by atoms with Crippen LogP contribution in [0.15, 0.2) is 17.5 Å². The highest BCUT2D eigenvalue weighted by Crippen LogP contribution is 2.34. The molecule has 21 heavy (non-hydrogen) atoms. The highest BCUT2D eigenvalue weighted by atomic mass is 32.1. The number of likely N-dealkylation sites (tertiary alicyclic amines) is 1. The number of thiophene rings is 1. The Balaban J connectivity index is 1.88. The quantitative estimate of drug-likeness (QED) is 0.753. The van der Waals surface area contributed by atoms with Gasteiger partial charge in [-0.1, -0.05) is 6.07 Å². The van der Waals surface area contributed by atoms with Gasteiger partial charge in [-0.05, 0) is 37.8 Å². The minimum Gasteiger partial charge on any atom is -0.465 e. The summed E-state index contributed by atoms with van der Waals surface area (Å²) in [5.41, 5.74) is 0. The van der Waals surface area contributed by atoms with Crippen molar-refractivity contribution in [3.05, 3.63) is 22.4 Å². The van der Waals surface area contributed by atoms with E-state index in [1.807, 2.05) is 6.07 Å². The Kier molecular flexibility index (Phi) is 5.76. The standard InChI is InChI=1S/C15H22N2O3S/c1-3-20-15(19)11-16(2)14(18)10-17-8-4-6-12(17)13-7-5-9-21-13/h5,7,9,12H,3-4,6,8,10-11H2,1-2H3/t12-/m0/s1. The highest BCUT2D eigenvalue weighted by Gasteiger charge is 2.29. The second-order valence-electron chi connectivity index (χ2n) is 5.20. The van der Waals surface area contributed by atoms with Crippen LogP contribution in [-0.4, -0.2) is 55.0 Å². The number of ether oxygens (including phenoxy) is 1. The SMILES string of the molecule is CCOC(=O)CN(C)C(=O)CN1CCC[C@H]1c1cccs1. The zero-order chi connectivity index (χ0) is 15.2. The number of hydrogen-bond acceptors (Lipinski definition) is 5. The van der Waals surface area contributed by atoms with E-state index < -0.39 is 0 Å². The third kappa shape index (κ3) is 4.28. The van der Waals surface area contributed by atoms with E-state index in [2.05, 4.69) is 16.3 Å². The first-order valence-electron chi connectivity index (χ1n) is 7.29. The molecule has 1 aromatic rings. The molecule has 0 N–H and O–H groups in total. The maximum absolute atomic E-state index is 12.2. The summed E-state index contributed by atoms with van der Waals surface area (Å²) >= 11 is 1.74. The maximum atomic E-state index is 12.2. The summed E-state index contributed by atoms with van der Waals surface area (Å²) in [7, 11) is 1.65. The number of amides is 1. The second kappa shape index (κ2) is 7.56. The van der Waals surface area contributed by atoms with Crippen LogP contribution in [0.4, 0.5) is 0 Å². The van der Waals surface area contributed by atoms with Crippen molar-refractivity contribution in [2.75, 3.05) is 33.3 Å². The second-order valence-corrected chi connectivity index (χ2v) is 6.18. The lowest BCUT2D eigenvalue weighted by Crippen LogP contribution is -2.40. The van der Waals surface area contributed by atoms with Gasteiger partial charge in [0.15, 0.2) is 0 Å². The van der Waals surface area contributed by atoms with Crippen LogP contribution in [0.3, 0.4) is 0 Å². The smallest absolute Gasteiger partial charge is 0.325 e. The molecule has 0 aromatic carbocycles. The lowest BCUT2D eigenvalue weighted by Gasteiger charge is -2.25. The van der Waals surface area contributed by atoms with E-state index in [1.54, 1.807) is 25.3 Å². The first kappa shape index (κ1) is 16.0. The van der Waals surface area contributed by atoms with Crippen LogP contribution in [-0.2, 0) is 14.3 Å². The first-order chi connectivity index (χ1) is 10.1. The molecule has 1 saturated heterocycles. The Hall–Kier alpha value is -1.40. The minimum absolute atomic E-state index is 0.0180. The number of carbonyl (C=O) groups is 2. The van der Waals surface area contributed by atoms with Gasteiger partial charge in [0.2, 0.25) is 5.91 Å². The largest absolute Gasteiger partial charge is 0.465 e. The van der Waals surface area contributed by atoms with E-state index in [9.17, 15) is 9.59 Å². The van der Waals surface area contributed by atoms with Crippen molar-refractivity contribution < 1.29 is 14.3 Å². The summed E-state index contributed by atoms with van der Waals surface area (Å²) in [4.78, 5) is 28.6. The van der Waals surface area contributed by atoms with E-state index in [4.69, 9.17) is 4.74 Å². The summed E-state index contributed by atoms with van der Waals surface area (Å²) in [5, 5.41) is 2.07. The number of esters is 1. The molecule has 2 rings (SSSR count). The molecule has 0 spiro atoms. The monoisotopic (exact) mass is 310 g/mol. The van der Waals surface area contributed by atoms with Crippen LogP contribution in [0.5, 0.6) is 0 Å². The van der Waals surface area contributed by atoms with Crippen molar-refractivity contribution in [3.8, 4) is 0 Å². The summed E-state index contributed by atoms with van der Waals surface area (Å²) in [6, 6.07) is 4.51. The molecule has 1 aliphatic rings. The lowest BCUT2D eigenvalue weighted by molar-refractivity contribution is -0.148. The van der Waals surface area contributed by atoms with Gasteiger partial charge >= 0.3 is 5.97 Å². The minimum atomic E-state index is -0.357. The Labute approximate surface area is 129 Å². The molecule has 1 atom stereocenters. The van der Waals surface area contributed by atoms with Crippen LogP contribution in [0.2, 0.25) is 0 Å². The van der Waals surface area contributed by atoms with E-state index in [0.29, 0.717) is 19.2 Å². The van der Waals surface area contributed by atoms with Crippen LogP contribution in [0, 0.1) is 0 Å². The van der Waals surface area contributed by atoms with E-state index >= 15 is 0 Å². The fourth-order valence-corrected chi connectivity index (χ4v) is 3.50. The van der Waals surface area contributed by atoms with Crippen molar-refractivity contribution in [3.63, 3.8) is 0 Å². The molecule has 0 unspecified atom stereocenters. The van der Waals surface area contributed by atoms with Gasteiger partial charge in [-0.25, -0.2) is 0 Å². The molecule has 1 fully saturated rings. The van der Waals surface area contributed by atoms with E-state index in [0.717, 1.165) is 19.4 Å². The Bertz CT molecular complexity index is 475. The topological polar surface area (TPSA) is 49.9 Å². The number of carbonyl (C=O) groups excluding carboxylic acids is 2. The number of likely N-dealkylation sites (N-methyl/N-ethyl adjacent to an activating group) is 1. The molecule has 0 aliphatic carbocycles. The molecule has 2 heterocycles. The van der Waals surface area contributed by atoms with Gasteiger partial charge in [-0.2, -0.15) is 0 Å². The molecule has 1 aromatic heterocycles.